The van der Waals surface area contributed by atoms with Crippen molar-refractivity contribution in [2.75, 3.05) is 5.75 Å². The zero-order valence-corrected chi connectivity index (χ0v) is 14.4. The lowest BCUT2D eigenvalue weighted by Gasteiger charge is -2.17. The first-order valence-corrected chi connectivity index (χ1v) is 8.06. The van der Waals surface area contributed by atoms with Gasteiger partial charge < -0.3 is 5.32 Å². The third-order valence-corrected chi connectivity index (χ3v) is 4.78. The number of pyridine rings is 1. The number of aryl methyl sites for hydroxylation is 1. The van der Waals surface area contributed by atoms with Crippen LogP contribution in [0.25, 0.3) is 0 Å². The molecule has 0 spiro atoms. The van der Waals surface area contributed by atoms with Crippen LogP contribution in [0, 0.1) is 38.0 Å². The SMILES string of the molecule is Cc1nc(SCC(=O)N[C@H](C)C(C)C)c(C#N)c(C)c1C. The molecule has 0 aliphatic heterocycles. The van der Waals surface area contributed by atoms with Crippen LogP contribution in [-0.4, -0.2) is 22.7 Å². The van der Waals surface area contributed by atoms with Crippen molar-refractivity contribution in [1.82, 2.24) is 10.3 Å². The van der Waals surface area contributed by atoms with Gasteiger partial charge in [0, 0.05) is 11.7 Å². The zero-order chi connectivity index (χ0) is 16.2. The van der Waals surface area contributed by atoms with Gasteiger partial charge in [-0.05, 0) is 44.7 Å². The smallest absolute Gasteiger partial charge is 0.230 e. The highest BCUT2D eigenvalue weighted by molar-refractivity contribution is 8.00. The van der Waals surface area contributed by atoms with Crippen molar-refractivity contribution >= 4 is 17.7 Å². The maximum Gasteiger partial charge on any atom is 0.230 e. The van der Waals surface area contributed by atoms with E-state index in [1.54, 1.807) is 0 Å². The summed E-state index contributed by atoms with van der Waals surface area (Å²) in [6.45, 7) is 11.9. The van der Waals surface area contributed by atoms with E-state index in [9.17, 15) is 10.1 Å². The number of hydrogen-bond acceptors (Lipinski definition) is 4. The van der Waals surface area contributed by atoms with Crippen molar-refractivity contribution < 1.29 is 4.79 Å². The van der Waals surface area contributed by atoms with Crippen molar-refractivity contribution in [2.45, 2.75) is 52.6 Å². The van der Waals surface area contributed by atoms with Gasteiger partial charge in [0.2, 0.25) is 5.91 Å². The minimum Gasteiger partial charge on any atom is -0.353 e. The maximum absolute atomic E-state index is 11.9. The summed E-state index contributed by atoms with van der Waals surface area (Å²) in [6, 6.07) is 2.34. The predicted octanol–water partition coefficient (Wildman–Crippen LogP) is 3.13. The van der Waals surface area contributed by atoms with E-state index in [-0.39, 0.29) is 17.7 Å². The fourth-order valence-corrected chi connectivity index (χ4v) is 2.64. The van der Waals surface area contributed by atoms with Crippen LogP contribution in [0.1, 0.15) is 43.2 Å². The van der Waals surface area contributed by atoms with Gasteiger partial charge in [0.25, 0.3) is 0 Å². The Labute approximate surface area is 131 Å². The first kappa shape index (κ1) is 17.5. The average molecular weight is 305 g/mol. The Balaban J connectivity index is 2.81. The second-order valence-electron chi connectivity index (χ2n) is 5.63. The molecule has 21 heavy (non-hydrogen) atoms. The molecule has 1 atom stereocenters. The summed E-state index contributed by atoms with van der Waals surface area (Å²) in [7, 11) is 0. The molecule has 0 unspecified atom stereocenters. The lowest BCUT2D eigenvalue weighted by Crippen LogP contribution is -2.37. The lowest BCUT2D eigenvalue weighted by atomic mass is 10.1. The monoisotopic (exact) mass is 305 g/mol. The van der Waals surface area contributed by atoms with Gasteiger partial charge in [-0.15, -0.1) is 0 Å². The molecule has 0 fully saturated rings. The second kappa shape index (κ2) is 7.46. The minimum absolute atomic E-state index is 0.0252. The van der Waals surface area contributed by atoms with Crippen molar-refractivity contribution in [2.24, 2.45) is 5.92 Å². The molecule has 0 aromatic carbocycles. The molecule has 0 aliphatic rings. The first-order chi connectivity index (χ1) is 9.77. The topological polar surface area (TPSA) is 65.8 Å². The third-order valence-electron chi connectivity index (χ3n) is 3.80. The van der Waals surface area contributed by atoms with E-state index < -0.39 is 0 Å². The normalized spacial score (nSPS) is 12.1. The van der Waals surface area contributed by atoms with Crippen LogP contribution in [0.4, 0.5) is 0 Å². The summed E-state index contributed by atoms with van der Waals surface area (Å²) < 4.78 is 0. The zero-order valence-electron chi connectivity index (χ0n) is 13.6. The minimum atomic E-state index is -0.0252. The number of nitriles is 1. The second-order valence-corrected chi connectivity index (χ2v) is 6.59. The molecule has 1 N–H and O–H groups in total. The Kier molecular flexibility index (Phi) is 6.22. The summed E-state index contributed by atoms with van der Waals surface area (Å²) in [5, 5.41) is 12.9. The number of aromatic nitrogens is 1. The first-order valence-electron chi connectivity index (χ1n) is 7.08. The number of nitrogens with zero attached hydrogens (tertiary/aromatic N) is 2. The van der Waals surface area contributed by atoms with Crippen LogP contribution in [0.2, 0.25) is 0 Å². The molecule has 0 radical (unpaired) electrons. The van der Waals surface area contributed by atoms with Gasteiger partial charge in [0.05, 0.1) is 11.3 Å². The van der Waals surface area contributed by atoms with Gasteiger partial charge in [-0.25, -0.2) is 4.98 Å². The molecule has 0 bridgehead atoms. The molecule has 114 valence electrons. The van der Waals surface area contributed by atoms with Crippen molar-refractivity contribution in [3.05, 3.63) is 22.4 Å². The Morgan fingerprint density at radius 1 is 1.29 bits per heavy atom. The maximum atomic E-state index is 11.9. The number of carbonyl (C=O) groups is 1. The van der Waals surface area contributed by atoms with E-state index in [0.29, 0.717) is 16.5 Å². The van der Waals surface area contributed by atoms with Crippen LogP contribution in [0.3, 0.4) is 0 Å². The van der Waals surface area contributed by atoms with E-state index >= 15 is 0 Å². The highest BCUT2D eigenvalue weighted by Crippen LogP contribution is 2.26. The predicted molar refractivity (Wildman–Crippen MR) is 86.3 cm³/mol. The largest absolute Gasteiger partial charge is 0.353 e. The van der Waals surface area contributed by atoms with E-state index in [4.69, 9.17) is 0 Å². The fraction of sp³-hybridized carbons (Fsp3) is 0.562. The molecule has 1 rings (SSSR count). The summed E-state index contributed by atoms with van der Waals surface area (Å²) in [5.74, 6) is 0.652. The highest BCUT2D eigenvalue weighted by atomic mass is 32.2. The molecular formula is C16H23N3OS. The van der Waals surface area contributed by atoms with Crippen molar-refractivity contribution in [3.63, 3.8) is 0 Å². The van der Waals surface area contributed by atoms with Crippen molar-refractivity contribution in [3.8, 4) is 6.07 Å². The molecule has 0 aliphatic carbocycles. The summed E-state index contributed by atoms with van der Waals surface area (Å²) in [6.07, 6.45) is 0. The van der Waals surface area contributed by atoms with Crippen LogP contribution in [-0.2, 0) is 4.79 Å². The highest BCUT2D eigenvalue weighted by Gasteiger charge is 2.15. The van der Waals surface area contributed by atoms with Crippen LogP contribution in [0.15, 0.2) is 5.03 Å². The quantitative estimate of drug-likeness (QED) is 0.849. The van der Waals surface area contributed by atoms with Crippen molar-refractivity contribution in [1.29, 1.82) is 5.26 Å². The summed E-state index contributed by atoms with van der Waals surface area (Å²) >= 11 is 1.32. The van der Waals surface area contributed by atoms with Gasteiger partial charge >= 0.3 is 0 Å². The van der Waals surface area contributed by atoms with Gasteiger partial charge in [-0.2, -0.15) is 5.26 Å². The average Bonchev–Trinajstić information content (AvgIpc) is 2.42. The molecule has 1 heterocycles. The molecule has 1 amide bonds. The Morgan fingerprint density at radius 2 is 1.90 bits per heavy atom. The van der Waals surface area contributed by atoms with E-state index in [2.05, 4.69) is 30.2 Å². The van der Waals surface area contributed by atoms with Gasteiger partial charge in [-0.1, -0.05) is 25.6 Å². The standard InChI is InChI=1S/C16H23N3OS/c1-9(2)12(5)18-15(20)8-21-16-14(7-17)11(4)10(3)13(6)19-16/h9,12H,8H2,1-6H3,(H,18,20)/t12-/m1/s1. The molecule has 1 aromatic rings. The molecule has 5 heteroatoms. The van der Waals surface area contributed by atoms with Crippen LogP contribution < -0.4 is 5.32 Å². The van der Waals surface area contributed by atoms with Gasteiger partial charge in [-0.3, -0.25) is 4.79 Å². The molecule has 0 saturated carbocycles. The van der Waals surface area contributed by atoms with E-state index in [1.165, 1.54) is 11.8 Å². The lowest BCUT2D eigenvalue weighted by molar-refractivity contribution is -0.119. The Bertz CT molecular complexity index is 576. The molecular weight excluding hydrogens is 282 g/mol. The molecule has 0 saturated heterocycles. The van der Waals surface area contributed by atoms with Gasteiger partial charge in [0.1, 0.15) is 11.1 Å². The molecule has 4 nitrogen and oxygen atoms in total. The van der Waals surface area contributed by atoms with E-state index in [1.807, 2.05) is 27.7 Å². The number of nitrogens with one attached hydrogen (secondary N) is 1. The number of thioether (sulfide) groups is 1. The number of carbonyl (C=O) groups excluding carboxylic acids is 1. The molecule has 1 aromatic heterocycles. The fourth-order valence-electron chi connectivity index (χ4n) is 1.74. The summed E-state index contributed by atoms with van der Waals surface area (Å²) in [4.78, 5) is 16.4. The summed E-state index contributed by atoms with van der Waals surface area (Å²) in [5.41, 5.74) is 3.47. The third kappa shape index (κ3) is 4.47. The number of hydrogen-bond donors (Lipinski definition) is 1. The van der Waals surface area contributed by atoms with Crippen LogP contribution in [0.5, 0.6) is 0 Å². The van der Waals surface area contributed by atoms with Crippen LogP contribution >= 0.6 is 11.8 Å². The van der Waals surface area contributed by atoms with Gasteiger partial charge in [0.15, 0.2) is 0 Å². The number of rotatable bonds is 5. The number of amides is 1. The van der Waals surface area contributed by atoms with E-state index in [0.717, 1.165) is 16.8 Å². The Morgan fingerprint density at radius 3 is 2.43 bits per heavy atom. The Hall–Kier alpha value is -1.54.